The van der Waals surface area contributed by atoms with Crippen LogP contribution in [0.5, 0.6) is 0 Å². The fraction of sp³-hybridized carbons (Fsp3) is 0.118. The fourth-order valence-corrected chi connectivity index (χ4v) is 2.21. The number of nitrogens with one attached hydrogen (secondary N) is 2. The van der Waals surface area contributed by atoms with Crippen molar-refractivity contribution in [2.45, 2.75) is 13.5 Å². The van der Waals surface area contributed by atoms with Crippen LogP contribution in [-0.4, -0.2) is 16.0 Å². The standard InChI is InChI=1S/C17H16FN5O2/c1-10-7-15(25-23-10)17(24)22-12-4-5-13(18)11(8-12)9-21-14-3-2-6-20-16(14)19/h2-8,21H,9H2,1H3,(H2,19,20)(H,22,24). The summed E-state index contributed by atoms with van der Waals surface area (Å²) in [6.45, 7) is 1.90. The van der Waals surface area contributed by atoms with Crippen molar-refractivity contribution >= 4 is 23.1 Å². The molecule has 0 spiro atoms. The van der Waals surface area contributed by atoms with E-state index in [1.807, 2.05) is 0 Å². The molecule has 0 saturated carbocycles. The minimum Gasteiger partial charge on any atom is -0.382 e. The Morgan fingerprint density at radius 1 is 1.32 bits per heavy atom. The number of aryl methyl sites for hydroxylation is 1. The van der Waals surface area contributed by atoms with Gasteiger partial charge in [0.2, 0.25) is 5.76 Å². The Bertz CT molecular complexity index is 910. The molecule has 1 amide bonds. The van der Waals surface area contributed by atoms with Crippen LogP contribution >= 0.6 is 0 Å². The van der Waals surface area contributed by atoms with Gasteiger partial charge in [-0.2, -0.15) is 0 Å². The van der Waals surface area contributed by atoms with E-state index in [0.717, 1.165) is 0 Å². The number of nitrogen functional groups attached to an aromatic ring is 1. The Morgan fingerprint density at radius 3 is 2.88 bits per heavy atom. The summed E-state index contributed by atoms with van der Waals surface area (Å²) < 4.78 is 18.9. The minimum absolute atomic E-state index is 0.0876. The van der Waals surface area contributed by atoms with Crippen molar-refractivity contribution in [3.05, 3.63) is 65.4 Å². The van der Waals surface area contributed by atoms with Gasteiger partial charge >= 0.3 is 0 Å². The Hall–Kier alpha value is -3.42. The maximum Gasteiger partial charge on any atom is 0.294 e. The summed E-state index contributed by atoms with van der Waals surface area (Å²) >= 11 is 0. The van der Waals surface area contributed by atoms with E-state index >= 15 is 0 Å². The number of anilines is 3. The molecule has 128 valence electrons. The lowest BCUT2D eigenvalue weighted by atomic mass is 10.1. The van der Waals surface area contributed by atoms with E-state index in [1.165, 1.54) is 24.3 Å². The van der Waals surface area contributed by atoms with Crippen LogP contribution in [0.4, 0.5) is 21.6 Å². The van der Waals surface area contributed by atoms with Crippen molar-refractivity contribution in [3.63, 3.8) is 0 Å². The molecule has 0 unspecified atom stereocenters. The highest BCUT2D eigenvalue weighted by Gasteiger charge is 2.13. The van der Waals surface area contributed by atoms with E-state index in [0.29, 0.717) is 28.5 Å². The van der Waals surface area contributed by atoms with Crippen LogP contribution in [0.2, 0.25) is 0 Å². The molecule has 4 N–H and O–H groups in total. The molecule has 1 aromatic carbocycles. The van der Waals surface area contributed by atoms with Gasteiger partial charge in [0.25, 0.3) is 5.91 Å². The van der Waals surface area contributed by atoms with Gasteiger partial charge in [0.1, 0.15) is 11.6 Å². The van der Waals surface area contributed by atoms with Crippen LogP contribution in [0.1, 0.15) is 21.8 Å². The van der Waals surface area contributed by atoms with Gasteiger partial charge in [0, 0.05) is 30.1 Å². The molecule has 7 nitrogen and oxygen atoms in total. The first-order valence-corrected chi connectivity index (χ1v) is 7.50. The topological polar surface area (TPSA) is 106 Å². The molecule has 3 aromatic rings. The molecule has 0 saturated heterocycles. The van der Waals surface area contributed by atoms with E-state index in [4.69, 9.17) is 10.3 Å². The van der Waals surface area contributed by atoms with Gasteiger partial charge < -0.3 is 20.9 Å². The van der Waals surface area contributed by atoms with Crippen molar-refractivity contribution in [3.8, 4) is 0 Å². The summed E-state index contributed by atoms with van der Waals surface area (Å²) in [6.07, 6.45) is 1.57. The molecular weight excluding hydrogens is 325 g/mol. The van der Waals surface area contributed by atoms with Crippen molar-refractivity contribution < 1.29 is 13.7 Å². The summed E-state index contributed by atoms with van der Waals surface area (Å²) in [7, 11) is 0. The molecule has 0 atom stereocenters. The lowest BCUT2D eigenvalue weighted by Crippen LogP contribution is -2.12. The van der Waals surface area contributed by atoms with Crippen LogP contribution in [0.25, 0.3) is 0 Å². The largest absolute Gasteiger partial charge is 0.382 e. The molecule has 2 heterocycles. The van der Waals surface area contributed by atoms with Crippen molar-refractivity contribution in [1.29, 1.82) is 0 Å². The molecule has 25 heavy (non-hydrogen) atoms. The predicted octanol–water partition coefficient (Wildman–Crippen LogP) is 2.96. The third kappa shape index (κ3) is 3.92. The van der Waals surface area contributed by atoms with E-state index < -0.39 is 11.7 Å². The average Bonchev–Trinajstić information content (AvgIpc) is 3.03. The van der Waals surface area contributed by atoms with E-state index in [9.17, 15) is 9.18 Å². The molecule has 0 aliphatic rings. The highest BCUT2D eigenvalue weighted by atomic mass is 19.1. The zero-order valence-electron chi connectivity index (χ0n) is 13.4. The Kier molecular flexibility index (Phi) is 4.60. The average molecular weight is 341 g/mol. The summed E-state index contributed by atoms with van der Waals surface area (Å²) in [4.78, 5) is 16.0. The van der Waals surface area contributed by atoms with Gasteiger partial charge in [-0.25, -0.2) is 9.37 Å². The highest BCUT2D eigenvalue weighted by Crippen LogP contribution is 2.19. The molecule has 0 radical (unpaired) electrons. The van der Waals surface area contributed by atoms with Crippen molar-refractivity contribution in [2.24, 2.45) is 0 Å². The minimum atomic E-state index is -0.456. The zero-order valence-corrected chi connectivity index (χ0v) is 13.4. The first-order valence-electron chi connectivity index (χ1n) is 7.50. The Balaban J connectivity index is 1.72. The molecule has 0 aliphatic carbocycles. The highest BCUT2D eigenvalue weighted by molar-refractivity contribution is 6.02. The summed E-state index contributed by atoms with van der Waals surface area (Å²) in [5, 5.41) is 9.32. The molecule has 0 bridgehead atoms. The predicted molar refractivity (Wildman–Crippen MR) is 91.6 cm³/mol. The number of hydrogen-bond donors (Lipinski definition) is 3. The maximum atomic E-state index is 14.0. The summed E-state index contributed by atoms with van der Waals surface area (Å²) in [5.74, 6) is -0.441. The normalized spacial score (nSPS) is 10.5. The second-order valence-electron chi connectivity index (χ2n) is 5.38. The van der Waals surface area contributed by atoms with Crippen molar-refractivity contribution in [1.82, 2.24) is 10.1 Å². The van der Waals surface area contributed by atoms with E-state index in [2.05, 4.69) is 20.8 Å². The SMILES string of the molecule is Cc1cc(C(=O)Nc2ccc(F)c(CNc3cccnc3N)c2)on1. The molecule has 3 rings (SSSR count). The maximum absolute atomic E-state index is 14.0. The van der Waals surface area contributed by atoms with Crippen LogP contribution in [0.3, 0.4) is 0 Å². The number of halogens is 1. The van der Waals surface area contributed by atoms with Crippen molar-refractivity contribution in [2.75, 3.05) is 16.4 Å². The zero-order chi connectivity index (χ0) is 17.8. The lowest BCUT2D eigenvalue weighted by Gasteiger charge is -2.11. The number of hydrogen-bond acceptors (Lipinski definition) is 6. The molecule has 0 aliphatic heterocycles. The van der Waals surface area contributed by atoms with Crippen LogP contribution in [0.15, 0.2) is 47.1 Å². The number of benzene rings is 1. The van der Waals surface area contributed by atoms with Gasteiger partial charge in [-0.05, 0) is 37.3 Å². The second kappa shape index (κ2) is 7.00. The van der Waals surface area contributed by atoms with Gasteiger partial charge in [0.15, 0.2) is 0 Å². The fourth-order valence-electron chi connectivity index (χ4n) is 2.21. The third-order valence-corrected chi connectivity index (χ3v) is 3.46. The Morgan fingerprint density at radius 2 is 2.16 bits per heavy atom. The number of pyridine rings is 1. The van der Waals surface area contributed by atoms with Crippen LogP contribution in [-0.2, 0) is 6.54 Å². The number of rotatable bonds is 5. The second-order valence-corrected chi connectivity index (χ2v) is 5.38. The monoisotopic (exact) mass is 341 g/mol. The number of nitrogens with zero attached hydrogens (tertiary/aromatic N) is 2. The number of amides is 1. The first kappa shape index (κ1) is 16.4. The Labute approximate surface area is 143 Å². The molecular formula is C17H16FN5O2. The summed E-state index contributed by atoms with van der Waals surface area (Å²) in [6, 6.07) is 9.29. The third-order valence-electron chi connectivity index (χ3n) is 3.46. The first-order chi connectivity index (χ1) is 12.0. The summed E-state index contributed by atoms with van der Waals surface area (Å²) in [5.41, 5.74) is 7.76. The quantitative estimate of drug-likeness (QED) is 0.659. The lowest BCUT2D eigenvalue weighted by molar-refractivity contribution is 0.0988. The van der Waals surface area contributed by atoms with E-state index in [-0.39, 0.29) is 12.3 Å². The van der Waals surface area contributed by atoms with Gasteiger partial charge in [-0.3, -0.25) is 4.79 Å². The van der Waals surface area contributed by atoms with Gasteiger partial charge in [0.05, 0.1) is 11.4 Å². The van der Waals surface area contributed by atoms with Gasteiger partial charge in [-0.1, -0.05) is 5.16 Å². The molecule has 8 heteroatoms. The number of nitrogens with two attached hydrogens (primary N) is 1. The number of carbonyl (C=O) groups excluding carboxylic acids is 1. The number of carbonyl (C=O) groups is 1. The number of aromatic nitrogens is 2. The van der Waals surface area contributed by atoms with Crippen LogP contribution < -0.4 is 16.4 Å². The van der Waals surface area contributed by atoms with Gasteiger partial charge in [-0.15, -0.1) is 0 Å². The smallest absolute Gasteiger partial charge is 0.294 e. The molecule has 0 fully saturated rings. The van der Waals surface area contributed by atoms with E-state index in [1.54, 1.807) is 25.3 Å². The van der Waals surface area contributed by atoms with Crippen LogP contribution in [0, 0.1) is 12.7 Å². The molecule has 2 aromatic heterocycles.